The second-order valence-corrected chi connectivity index (χ2v) is 3.34. The third kappa shape index (κ3) is 5.15. The van der Waals surface area contributed by atoms with Gasteiger partial charge in [0.05, 0.1) is 38.1 Å². The number of rotatable bonds is 7. The Labute approximate surface area is 100 Å². The van der Waals surface area contributed by atoms with E-state index in [1.165, 1.54) is 0 Å². The highest BCUT2D eigenvalue weighted by molar-refractivity contribution is 5.91. The lowest BCUT2D eigenvalue weighted by Crippen LogP contribution is -2.28. The average molecular weight is 236 g/mol. The van der Waals surface area contributed by atoms with Gasteiger partial charge in [-0.1, -0.05) is 5.92 Å². The number of terminal acetylenes is 1. The summed E-state index contributed by atoms with van der Waals surface area (Å²) in [5.74, 6) is 2.25. The van der Waals surface area contributed by atoms with E-state index in [1.54, 1.807) is 24.2 Å². The molecule has 1 rings (SSSR count). The molecule has 17 heavy (non-hydrogen) atoms. The Hall–Kier alpha value is -1.84. The molecule has 0 bridgehead atoms. The molecule has 1 amide bonds. The van der Waals surface area contributed by atoms with Crippen molar-refractivity contribution in [1.82, 2.24) is 15.1 Å². The molecular formula is C11H16N4O2. The largest absolute Gasteiger partial charge is 0.383 e. The van der Waals surface area contributed by atoms with Gasteiger partial charge >= 0.3 is 0 Å². The fourth-order valence-electron chi connectivity index (χ4n) is 1.19. The first-order valence-corrected chi connectivity index (χ1v) is 5.21. The number of carbonyl (C=O) groups excluding carboxylic acids is 1. The molecule has 0 aliphatic heterocycles. The van der Waals surface area contributed by atoms with E-state index in [0.717, 1.165) is 0 Å². The number of anilines is 1. The van der Waals surface area contributed by atoms with E-state index in [2.05, 4.69) is 21.7 Å². The van der Waals surface area contributed by atoms with E-state index in [1.807, 2.05) is 0 Å². The Bertz CT molecular complexity index is 394. The molecule has 92 valence electrons. The van der Waals surface area contributed by atoms with Crippen LogP contribution in [0.4, 0.5) is 5.69 Å². The van der Waals surface area contributed by atoms with Crippen molar-refractivity contribution in [3.63, 3.8) is 0 Å². The van der Waals surface area contributed by atoms with Crippen molar-refractivity contribution in [2.45, 2.75) is 6.54 Å². The highest BCUT2D eigenvalue weighted by Gasteiger charge is 2.03. The molecule has 0 aliphatic carbocycles. The summed E-state index contributed by atoms with van der Waals surface area (Å²) in [6.07, 6.45) is 8.39. The smallest absolute Gasteiger partial charge is 0.238 e. The zero-order valence-corrected chi connectivity index (χ0v) is 9.77. The number of hydrogen-bond acceptors (Lipinski definition) is 4. The van der Waals surface area contributed by atoms with Crippen molar-refractivity contribution in [1.29, 1.82) is 0 Å². The van der Waals surface area contributed by atoms with Gasteiger partial charge in [-0.3, -0.25) is 14.8 Å². The first kappa shape index (κ1) is 13.2. The molecule has 0 fully saturated rings. The summed E-state index contributed by atoms with van der Waals surface area (Å²) in [6, 6.07) is 0. The van der Waals surface area contributed by atoms with Gasteiger partial charge in [-0.15, -0.1) is 6.42 Å². The van der Waals surface area contributed by atoms with Crippen molar-refractivity contribution >= 4 is 11.6 Å². The molecule has 0 aliphatic rings. The van der Waals surface area contributed by atoms with Crippen LogP contribution in [0.3, 0.4) is 0 Å². The average Bonchev–Trinajstić information content (AvgIpc) is 2.74. The van der Waals surface area contributed by atoms with Gasteiger partial charge in [0.2, 0.25) is 5.91 Å². The molecule has 0 unspecified atom stereocenters. The van der Waals surface area contributed by atoms with Crippen LogP contribution in [0.25, 0.3) is 0 Å². The Kier molecular flexibility index (Phi) is 5.79. The first-order chi connectivity index (χ1) is 8.26. The third-order valence-electron chi connectivity index (χ3n) is 1.95. The molecule has 0 radical (unpaired) electrons. The van der Waals surface area contributed by atoms with Crippen molar-refractivity contribution in [2.24, 2.45) is 0 Å². The summed E-state index contributed by atoms with van der Waals surface area (Å²) in [5.41, 5.74) is 0.661. The van der Waals surface area contributed by atoms with Gasteiger partial charge in [0.25, 0.3) is 0 Å². The van der Waals surface area contributed by atoms with Gasteiger partial charge < -0.3 is 10.1 Å². The van der Waals surface area contributed by atoms with Crippen LogP contribution < -0.4 is 10.6 Å². The molecular weight excluding hydrogens is 220 g/mol. The number of nitrogens with one attached hydrogen (secondary N) is 2. The number of methoxy groups -OCH3 is 1. The van der Waals surface area contributed by atoms with Crippen LogP contribution in [0.15, 0.2) is 12.4 Å². The van der Waals surface area contributed by atoms with E-state index >= 15 is 0 Å². The zero-order valence-electron chi connectivity index (χ0n) is 9.77. The maximum atomic E-state index is 11.4. The number of carbonyl (C=O) groups is 1. The first-order valence-electron chi connectivity index (χ1n) is 5.21. The molecule has 0 saturated carbocycles. The van der Waals surface area contributed by atoms with Crippen LogP contribution in [-0.4, -0.2) is 42.5 Å². The second kappa shape index (κ2) is 7.44. The van der Waals surface area contributed by atoms with E-state index in [4.69, 9.17) is 11.2 Å². The summed E-state index contributed by atoms with van der Waals surface area (Å²) in [4.78, 5) is 11.4. The standard InChI is InChI=1S/C11H16N4O2/c1-3-4-12-8-11(16)14-10-7-13-15(9-10)5-6-17-2/h1,7,9,12H,4-6,8H2,2H3,(H,14,16). The molecule has 0 aromatic carbocycles. The topological polar surface area (TPSA) is 68.2 Å². The van der Waals surface area contributed by atoms with Crippen LogP contribution in [-0.2, 0) is 16.1 Å². The number of hydrogen-bond donors (Lipinski definition) is 2. The summed E-state index contributed by atoms with van der Waals surface area (Å²) in [5, 5.41) is 9.58. The summed E-state index contributed by atoms with van der Waals surface area (Å²) in [6.45, 7) is 1.80. The van der Waals surface area contributed by atoms with Crippen LogP contribution in [0.2, 0.25) is 0 Å². The monoisotopic (exact) mass is 236 g/mol. The molecule has 6 heteroatoms. The predicted molar refractivity (Wildman–Crippen MR) is 64.4 cm³/mol. The van der Waals surface area contributed by atoms with Crippen molar-refractivity contribution < 1.29 is 9.53 Å². The van der Waals surface area contributed by atoms with E-state index in [9.17, 15) is 4.79 Å². The Balaban J connectivity index is 2.33. The highest BCUT2D eigenvalue weighted by atomic mass is 16.5. The normalized spacial score (nSPS) is 9.88. The quantitative estimate of drug-likeness (QED) is 0.503. The molecule has 1 aromatic rings. The van der Waals surface area contributed by atoms with Gasteiger partial charge in [-0.25, -0.2) is 0 Å². The van der Waals surface area contributed by atoms with Gasteiger partial charge in [-0.05, 0) is 0 Å². The molecule has 0 saturated heterocycles. The predicted octanol–water partition coefficient (Wildman–Crippen LogP) is -0.309. The Morgan fingerprint density at radius 1 is 1.71 bits per heavy atom. The van der Waals surface area contributed by atoms with Gasteiger partial charge in [0.15, 0.2) is 0 Å². The fraction of sp³-hybridized carbons (Fsp3) is 0.455. The maximum absolute atomic E-state index is 11.4. The van der Waals surface area contributed by atoms with E-state index in [-0.39, 0.29) is 12.5 Å². The molecule has 1 aromatic heterocycles. The molecule has 0 atom stereocenters. The van der Waals surface area contributed by atoms with E-state index < -0.39 is 0 Å². The van der Waals surface area contributed by atoms with E-state index in [0.29, 0.717) is 25.4 Å². The molecule has 0 spiro atoms. The van der Waals surface area contributed by atoms with Gasteiger partial charge in [-0.2, -0.15) is 5.10 Å². The van der Waals surface area contributed by atoms with Crippen LogP contribution in [0.1, 0.15) is 0 Å². The summed E-state index contributed by atoms with van der Waals surface area (Å²) in [7, 11) is 1.63. The van der Waals surface area contributed by atoms with Gasteiger partial charge in [0.1, 0.15) is 0 Å². The van der Waals surface area contributed by atoms with Crippen LogP contribution in [0.5, 0.6) is 0 Å². The number of amides is 1. The van der Waals surface area contributed by atoms with Gasteiger partial charge in [0, 0.05) is 13.3 Å². The summed E-state index contributed by atoms with van der Waals surface area (Å²) >= 11 is 0. The fourth-order valence-corrected chi connectivity index (χ4v) is 1.19. The minimum absolute atomic E-state index is 0.147. The number of ether oxygens (including phenoxy) is 1. The van der Waals surface area contributed by atoms with Crippen LogP contribution >= 0.6 is 0 Å². The Morgan fingerprint density at radius 3 is 3.24 bits per heavy atom. The SMILES string of the molecule is C#CCNCC(=O)Nc1cnn(CCOC)c1. The van der Waals surface area contributed by atoms with Crippen LogP contribution in [0, 0.1) is 12.3 Å². The van der Waals surface area contributed by atoms with Crippen molar-refractivity contribution in [3.05, 3.63) is 12.4 Å². The zero-order chi connectivity index (χ0) is 12.5. The minimum atomic E-state index is -0.147. The summed E-state index contributed by atoms with van der Waals surface area (Å²) < 4.78 is 6.63. The highest BCUT2D eigenvalue weighted by Crippen LogP contribution is 2.03. The Morgan fingerprint density at radius 2 is 2.53 bits per heavy atom. The second-order valence-electron chi connectivity index (χ2n) is 3.34. The number of nitrogens with zero attached hydrogens (tertiary/aromatic N) is 2. The van der Waals surface area contributed by atoms with Crippen molar-refractivity contribution in [2.75, 3.05) is 32.1 Å². The molecule has 2 N–H and O–H groups in total. The third-order valence-corrected chi connectivity index (χ3v) is 1.95. The van der Waals surface area contributed by atoms with Crippen molar-refractivity contribution in [3.8, 4) is 12.3 Å². The number of aromatic nitrogens is 2. The maximum Gasteiger partial charge on any atom is 0.238 e. The lowest BCUT2D eigenvalue weighted by atomic mass is 10.5. The molecule has 1 heterocycles. The molecule has 6 nitrogen and oxygen atoms in total. The minimum Gasteiger partial charge on any atom is -0.383 e. The lowest BCUT2D eigenvalue weighted by Gasteiger charge is -2.02. The lowest BCUT2D eigenvalue weighted by molar-refractivity contribution is -0.115.